The lowest BCUT2D eigenvalue weighted by Crippen LogP contribution is -1.98. The number of aryl methyl sites for hydroxylation is 2. The van der Waals surface area contributed by atoms with Crippen LogP contribution in [0.3, 0.4) is 0 Å². The molecule has 0 fully saturated rings. The summed E-state index contributed by atoms with van der Waals surface area (Å²) in [4.78, 5) is 4.51. The van der Waals surface area contributed by atoms with Crippen LogP contribution in [0.5, 0.6) is 5.75 Å². The molecule has 2 aromatic heterocycles. The highest BCUT2D eigenvalue weighted by atomic mass is 19.1. The molecule has 6 heteroatoms. The molecule has 0 spiro atoms. The second-order valence-electron chi connectivity index (χ2n) is 5.76. The van der Waals surface area contributed by atoms with Crippen molar-refractivity contribution >= 4 is 11.5 Å². The monoisotopic (exact) mass is 325 g/mol. The summed E-state index contributed by atoms with van der Waals surface area (Å²) in [6.45, 7) is 4.41. The Balaban J connectivity index is 1.76. The zero-order valence-corrected chi connectivity index (χ0v) is 13.4. The Morgan fingerprint density at radius 3 is 2.67 bits per heavy atom. The van der Waals surface area contributed by atoms with Gasteiger partial charge in [-0.3, -0.25) is 0 Å². The molecule has 1 N–H and O–H groups in total. The van der Waals surface area contributed by atoms with Crippen LogP contribution in [-0.2, 0) is 6.42 Å². The molecule has 0 amide bonds. The van der Waals surface area contributed by atoms with Gasteiger partial charge in [0.2, 0.25) is 0 Å². The highest BCUT2D eigenvalue weighted by Crippen LogP contribution is 2.41. The fourth-order valence-electron chi connectivity index (χ4n) is 3.03. The van der Waals surface area contributed by atoms with E-state index in [-0.39, 0.29) is 5.82 Å². The molecule has 0 radical (unpaired) electrons. The summed E-state index contributed by atoms with van der Waals surface area (Å²) in [5, 5.41) is 7.21. The lowest BCUT2D eigenvalue weighted by molar-refractivity contribution is 0.357. The van der Waals surface area contributed by atoms with Gasteiger partial charge < -0.3 is 14.6 Å². The van der Waals surface area contributed by atoms with Crippen molar-refractivity contribution in [3.05, 3.63) is 53.3 Å². The van der Waals surface area contributed by atoms with E-state index in [2.05, 4.69) is 15.5 Å². The smallest absolute Gasteiger partial charge is 0.173 e. The minimum Gasteiger partial charge on any atom is -0.489 e. The molecule has 1 aliphatic heterocycles. The number of ether oxygens (including phenoxy) is 1. The van der Waals surface area contributed by atoms with Crippen LogP contribution in [0.2, 0.25) is 0 Å². The van der Waals surface area contributed by atoms with Crippen LogP contribution in [0.4, 0.5) is 15.9 Å². The van der Waals surface area contributed by atoms with E-state index in [1.807, 2.05) is 20.0 Å². The second kappa shape index (κ2) is 5.63. The van der Waals surface area contributed by atoms with Gasteiger partial charge in [0.05, 0.1) is 12.3 Å². The summed E-state index contributed by atoms with van der Waals surface area (Å²) >= 11 is 0. The zero-order valence-electron chi connectivity index (χ0n) is 13.4. The van der Waals surface area contributed by atoms with Crippen molar-refractivity contribution in [3.63, 3.8) is 0 Å². The fourth-order valence-corrected chi connectivity index (χ4v) is 3.03. The van der Waals surface area contributed by atoms with Gasteiger partial charge >= 0.3 is 0 Å². The predicted molar refractivity (Wildman–Crippen MR) is 88.1 cm³/mol. The van der Waals surface area contributed by atoms with E-state index >= 15 is 0 Å². The number of nitrogens with zero attached hydrogens (tertiary/aromatic N) is 2. The number of rotatable bonds is 3. The SMILES string of the molecule is Cc1noc(C)c1-c1cnc(Nc2ccc(F)cc2)c2c1CCO2. The van der Waals surface area contributed by atoms with Crippen LogP contribution in [0, 0.1) is 19.7 Å². The Morgan fingerprint density at radius 1 is 1.17 bits per heavy atom. The maximum absolute atomic E-state index is 13.0. The Morgan fingerprint density at radius 2 is 1.96 bits per heavy atom. The second-order valence-corrected chi connectivity index (χ2v) is 5.76. The molecule has 1 aliphatic rings. The molecule has 122 valence electrons. The number of hydrogen-bond acceptors (Lipinski definition) is 5. The number of pyridine rings is 1. The predicted octanol–water partition coefficient (Wildman–Crippen LogP) is 4.17. The molecule has 0 aliphatic carbocycles. The Bertz CT molecular complexity index is 884. The van der Waals surface area contributed by atoms with Crippen LogP contribution >= 0.6 is 0 Å². The van der Waals surface area contributed by atoms with Crippen LogP contribution in [0.25, 0.3) is 11.1 Å². The molecule has 0 atom stereocenters. The summed E-state index contributed by atoms with van der Waals surface area (Å²) in [6, 6.07) is 6.14. The molecule has 24 heavy (non-hydrogen) atoms. The molecular weight excluding hydrogens is 309 g/mol. The third-order valence-electron chi connectivity index (χ3n) is 4.15. The standard InChI is InChI=1S/C18H16FN3O2/c1-10-16(11(2)24-22-10)15-9-20-18(17-14(15)7-8-23-17)21-13-5-3-12(19)4-6-13/h3-6,9H,7-8H2,1-2H3,(H,20,21). The minimum atomic E-state index is -0.274. The van der Waals surface area contributed by atoms with Crippen LogP contribution in [0.15, 0.2) is 35.0 Å². The van der Waals surface area contributed by atoms with Gasteiger partial charge in [-0.15, -0.1) is 0 Å². The van der Waals surface area contributed by atoms with Crippen molar-refractivity contribution in [1.29, 1.82) is 0 Å². The van der Waals surface area contributed by atoms with Crippen molar-refractivity contribution < 1.29 is 13.7 Å². The van der Waals surface area contributed by atoms with Gasteiger partial charge in [0.25, 0.3) is 0 Å². The van der Waals surface area contributed by atoms with E-state index in [1.54, 1.807) is 12.1 Å². The summed E-state index contributed by atoms with van der Waals surface area (Å²) in [7, 11) is 0. The quantitative estimate of drug-likeness (QED) is 0.783. The third-order valence-corrected chi connectivity index (χ3v) is 4.15. The van der Waals surface area contributed by atoms with Crippen LogP contribution < -0.4 is 10.1 Å². The first kappa shape index (κ1) is 14.7. The minimum absolute atomic E-state index is 0.274. The van der Waals surface area contributed by atoms with E-state index in [9.17, 15) is 4.39 Å². The van der Waals surface area contributed by atoms with E-state index < -0.39 is 0 Å². The number of anilines is 2. The van der Waals surface area contributed by atoms with E-state index in [0.29, 0.717) is 12.4 Å². The van der Waals surface area contributed by atoms with E-state index in [0.717, 1.165) is 46.0 Å². The van der Waals surface area contributed by atoms with Crippen molar-refractivity contribution in [1.82, 2.24) is 10.1 Å². The summed E-state index contributed by atoms with van der Waals surface area (Å²) in [5.74, 6) is 1.85. The molecule has 0 saturated heterocycles. The number of halogens is 1. The van der Waals surface area contributed by atoms with E-state index in [1.165, 1.54) is 12.1 Å². The highest BCUT2D eigenvalue weighted by molar-refractivity contribution is 5.78. The lowest BCUT2D eigenvalue weighted by atomic mass is 9.99. The van der Waals surface area contributed by atoms with Gasteiger partial charge in [-0.25, -0.2) is 9.37 Å². The molecular formula is C18H16FN3O2. The average Bonchev–Trinajstić information content (AvgIpc) is 3.18. The first-order chi connectivity index (χ1) is 11.6. The number of hydrogen-bond donors (Lipinski definition) is 1. The van der Waals surface area contributed by atoms with Crippen molar-refractivity contribution in [2.45, 2.75) is 20.3 Å². The van der Waals surface area contributed by atoms with Crippen molar-refractivity contribution in [2.24, 2.45) is 0 Å². The number of nitrogens with one attached hydrogen (secondary N) is 1. The summed E-state index contributed by atoms with van der Waals surface area (Å²) in [5.41, 5.74) is 4.64. The van der Waals surface area contributed by atoms with Gasteiger partial charge in [0.1, 0.15) is 11.6 Å². The van der Waals surface area contributed by atoms with Crippen molar-refractivity contribution in [2.75, 3.05) is 11.9 Å². The molecule has 0 unspecified atom stereocenters. The third kappa shape index (κ3) is 2.40. The van der Waals surface area contributed by atoms with E-state index in [4.69, 9.17) is 9.26 Å². The van der Waals surface area contributed by atoms with Crippen LogP contribution in [-0.4, -0.2) is 16.7 Å². The Hall–Kier alpha value is -2.89. The largest absolute Gasteiger partial charge is 0.489 e. The number of fused-ring (bicyclic) bond motifs is 1. The fraction of sp³-hybridized carbons (Fsp3) is 0.222. The Labute approximate surface area is 138 Å². The van der Waals surface area contributed by atoms with Gasteiger partial charge in [-0.2, -0.15) is 0 Å². The number of benzene rings is 1. The summed E-state index contributed by atoms with van der Waals surface area (Å²) < 4.78 is 24.1. The molecule has 0 bridgehead atoms. The average molecular weight is 325 g/mol. The topological polar surface area (TPSA) is 60.2 Å². The highest BCUT2D eigenvalue weighted by Gasteiger charge is 2.25. The molecule has 0 saturated carbocycles. The molecule has 1 aromatic carbocycles. The lowest BCUT2D eigenvalue weighted by Gasteiger charge is -2.12. The van der Waals surface area contributed by atoms with Crippen LogP contribution in [0.1, 0.15) is 17.0 Å². The van der Waals surface area contributed by atoms with Gasteiger partial charge in [0.15, 0.2) is 11.6 Å². The number of aromatic nitrogens is 2. The molecule has 3 aromatic rings. The molecule has 3 heterocycles. The maximum Gasteiger partial charge on any atom is 0.173 e. The van der Waals surface area contributed by atoms with Gasteiger partial charge in [-0.1, -0.05) is 5.16 Å². The summed E-state index contributed by atoms with van der Waals surface area (Å²) in [6.07, 6.45) is 2.61. The maximum atomic E-state index is 13.0. The van der Waals surface area contributed by atoms with Gasteiger partial charge in [-0.05, 0) is 38.1 Å². The normalized spacial score (nSPS) is 12.8. The first-order valence-electron chi connectivity index (χ1n) is 7.74. The Kier molecular flexibility index (Phi) is 3.45. The first-order valence-corrected chi connectivity index (χ1v) is 7.74. The van der Waals surface area contributed by atoms with Crippen molar-refractivity contribution in [3.8, 4) is 16.9 Å². The van der Waals surface area contributed by atoms with Gasteiger partial charge in [0, 0.05) is 35.0 Å². The molecule has 5 nitrogen and oxygen atoms in total. The zero-order chi connectivity index (χ0) is 16.7. The molecule has 4 rings (SSSR count).